The molecule has 27 heavy (non-hydrogen) atoms. The van der Waals surface area contributed by atoms with Gasteiger partial charge in [0.15, 0.2) is 5.82 Å². The second-order valence-electron chi connectivity index (χ2n) is 7.00. The number of carbonyl (C=O) groups is 1. The van der Waals surface area contributed by atoms with Crippen LogP contribution in [-0.2, 0) is 10.3 Å². The first-order valence-corrected chi connectivity index (χ1v) is 10.1. The molecule has 142 valence electrons. The van der Waals surface area contributed by atoms with Crippen LogP contribution < -0.4 is 10.6 Å². The number of carbonyl (C=O) groups excluding carboxylic acids is 1. The van der Waals surface area contributed by atoms with Gasteiger partial charge < -0.3 is 5.32 Å². The van der Waals surface area contributed by atoms with Crippen LogP contribution >= 0.6 is 27.3 Å². The van der Waals surface area contributed by atoms with Gasteiger partial charge in [0.2, 0.25) is 5.91 Å². The quantitative estimate of drug-likeness (QED) is 0.601. The molecule has 0 saturated carbocycles. The standard InChI is InChI=1S/C18H21BrN6OS/c1-18(2,3)25-17(22-23-24-25)15(13-9-10-27-16(13)19)20-11-14(26)21-12-7-5-4-6-8-12/h4-10,15,20H,11H2,1-3H3,(H,21,26). The van der Waals surface area contributed by atoms with Crippen LogP contribution in [0.3, 0.4) is 0 Å². The molecule has 2 N–H and O–H groups in total. The second-order valence-corrected chi connectivity index (χ2v) is 9.23. The lowest BCUT2D eigenvalue weighted by molar-refractivity contribution is -0.115. The molecule has 0 saturated heterocycles. The zero-order chi connectivity index (χ0) is 19.4. The van der Waals surface area contributed by atoms with Crippen molar-refractivity contribution in [2.24, 2.45) is 0 Å². The fourth-order valence-electron chi connectivity index (χ4n) is 2.62. The predicted octanol–water partition coefficient (Wildman–Crippen LogP) is 3.57. The summed E-state index contributed by atoms with van der Waals surface area (Å²) in [4.78, 5) is 12.4. The van der Waals surface area contributed by atoms with E-state index in [0.29, 0.717) is 5.82 Å². The van der Waals surface area contributed by atoms with E-state index in [0.717, 1.165) is 15.0 Å². The molecule has 1 aromatic carbocycles. The maximum atomic E-state index is 12.4. The molecule has 0 aliphatic heterocycles. The molecular weight excluding hydrogens is 428 g/mol. The van der Waals surface area contributed by atoms with Crippen LogP contribution in [-0.4, -0.2) is 32.7 Å². The number of nitrogens with zero attached hydrogens (tertiary/aromatic N) is 4. The van der Waals surface area contributed by atoms with Crippen LogP contribution in [0.5, 0.6) is 0 Å². The number of anilines is 1. The van der Waals surface area contributed by atoms with E-state index < -0.39 is 0 Å². The first-order valence-electron chi connectivity index (χ1n) is 8.46. The number of para-hydroxylation sites is 1. The molecule has 0 fully saturated rings. The van der Waals surface area contributed by atoms with Crippen LogP contribution in [0.2, 0.25) is 0 Å². The summed E-state index contributed by atoms with van der Waals surface area (Å²) in [6, 6.07) is 11.1. The summed E-state index contributed by atoms with van der Waals surface area (Å²) in [6.07, 6.45) is 0. The topological polar surface area (TPSA) is 84.7 Å². The minimum atomic E-state index is -0.318. The summed E-state index contributed by atoms with van der Waals surface area (Å²) < 4.78 is 2.76. The molecule has 0 aliphatic carbocycles. The van der Waals surface area contributed by atoms with E-state index in [-0.39, 0.29) is 24.0 Å². The molecule has 0 bridgehead atoms. The number of tetrazole rings is 1. The van der Waals surface area contributed by atoms with Crippen LogP contribution in [0, 0.1) is 0 Å². The molecule has 2 aromatic heterocycles. The Morgan fingerprint density at radius 3 is 2.63 bits per heavy atom. The van der Waals surface area contributed by atoms with Gasteiger partial charge in [-0.3, -0.25) is 10.1 Å². The molecule has 3 aromatic rings. The Hall–Kier alpha value is -2.10. The van der Waals surface area contributed by atoms with Gasteiger partial charge in [0.1, 0.15) is 0 Å². The third-order valence-corrected chi connectivity index (χ3v) is 5.60. The van der Waals surface area contributed by atoms with Gasteiger partial charge in [-0.2, -0.15) is 0 Å². The maximum Gasteiger partial charge on any atom is 0.238 e. The monoisotopic (exact) mass is 448 g/mol. The maximum absolute atomic E-state index is 12.4. The average Bonchev–Trinajstić information content (AvgIpc) is 3.26. The number of thiophene rings is 1. The van der Waals surface area contributed by atoms with Crippen LogP contribution in [0.15, 0.2) is 45.6 Å². The van der Waals surface area contributed by atoms with Crippen molar-refractivity contribution in [3.05, 3.63) is 57.0 Å². The number of hydrogen-bond donors (Lipinski definition) is 2. The van der Waals surface area contributed by atoms with E-state index in [2.05, 4.69) is 42.1 Å². The number of hydrogen-bond acceptors (Lipinski definition) is 6. The molecule has 3 rings (SSSR count). The lowest BCUT2D eigenvalue weighted by Crippen LogP contribution is -2.35. The molecule has 1 unspecified atom stereocenters. The molecule has 1 atom stereocenters. The van der Waals surface area contributed by atoms with Crippen molar-refractivity contribution in [3.8, 4) is 0 Å². The summed E-state index contributed by atoms with van der Waals surface area (Å²) in [7, 11) is 0. The van der Waals surface area contributed by atoms with Crippen molar-refractivity contribution >= 4 is 38.9 Å². The number of nitrogens with one attached hydrogen (secondary N) is 2. The van der Waals surface area contributed by atoms with Crippen LogP contribution in [0.4, 0.5) is 5.69 Å². The van der Waals surface area contributed by atoms with Gasteiger partial charge in [-0.1, -0.05) is 18.2 Å². The Morgan fingerprint density at radius 2 is 2.00 bits per heavy atom. The molecule has 0 spiro atoms. The van der Waals surface area contributed by atoms with Gasteiger partial charge in [0, 0.05) is 11.3 Å². The zero-order valence-corrected chi connectivity index (χ0v) is 17.7. The lowest BCUT2D eigenvalue weighted by Gasteiger charge is -2.24. The number of amides is 1. The molecule has 2 heterocycles. The molecule has 0 radical (unpaired) electrons. The summed E-state index contributed by atoms with van der Waals surface area (Å²) in [5, 5.41) is 20.4. The largest absolute Gasteiger partial charge is 0.325 e. The van der Waals surface area contributed by atoms with Crippen LogP contribution in [0.25, 0.3) is 0 Å². The minimum Gasteiger partial charge on any atom is -0.325 e. The van der Waals surface area contributed by atoms with Crippen molar-refractivity contribution in [1.29, 1.82) is 0 Å². The van der Waals surface area contributed by atoms with Crippen molar-refractivity contribution in [2.45, 2.75) is 32.4 Å². The number of benzene rings is 1. The Labute approximate surface area is 170 Å². The van der Waals surface area contributed by atoms with E-state index in [1.165, 1.54) is 0 Å². The van der Waals surface area contributed by atoms with Crippen molar-refractivity contribution < 1.29 is 4.79 Å². The highest BCUT2D eigenvalue weighted by Crippen LogP contribution is 2.33. The van der Waals surface area contributed by atoms with Gasteiger partial charge in [-0.25, -0.2) is 4.68 Å². The van der Waals surface area contributed by atoms with Gasteiger partial charge in [-0.15, -0.1) is 16.4 Å². The lowest BCUT2D eigenvalue weighted by atomic mass is 10.1. The first-order chi connectivity index (χ1) is 12.9. The normalized spacial score (nSPS) is 12.7. The predicted molar refractivity (Wildman–Crippen MR) is 110 cm³/mol. The molecule has 1 amide bonds. The summed E-state index contributed by atoms with van der Waals surface area (Å²) in [5.41, 5.74) is 1.47. The van der Waals surface area contributed by atoms with E-state index in [9.17, 15) is 4.79 Å². The number of rotatable bonds is 6. The van der Waals surface area contributed by atoms with Gasteiger partial charge in [0.05, 0.1) is 21.9 Å². The summed E-state index contributed by atoms with van der Waals surface area (Å²) in [6.45, 7) is 6.23. The van der Waals surface area contributed by atoms with Crippen molar-refractivity contribution in [1.82, 2.24) is 25.5 Å². The van der Waals surface area contributed by atoms with Gasteiger partial charge in [-0.05, 0) is 70.7 Å². The Balaban J connectivity index is 1.81. The summed E-state index contributed by atoms with van der Waals surface area (Å²) in [5.74, 6) is 0.529. The highest BCUT2D eigenvalue weighted by atomic mass is 79.9. The van der Waals surface area contributed by atoms with Crippen molar-refractivity contribution in [3.63, 3.8) is 0 Å². The Bertz CT molecular complexity index is 902. The first kappa shape index (κ1) is 19.7. The molecule has 9 heteroatoms. The average molecular weight is 449 g/mol. The Kier molecular flexibility index (Phi) is 6.03. The van der Waals surface area contributed by atoms with Gasteiger partial charge in [0.25, 0.3) is 0 Å². The highest BCUT2D eigenvalue weighted by molar-refractivity contribution is 9.11. The van der Waals surface area contributed by atoms with E-state index in [4.69, 9.17) is 0 Å². The highest BCUT2D eigenvalue weighted by Gasteiger charge is 2.28. The minimum absolute atomic E-state index is 0.124. The molecule has 7 nitrogen and oxygen atoms in total. The fourth-order valence-corrected chi connectivity index (χ4v) is 3.96. The third kappa shape index (κ3) is 4.79. The van der Waals surface area contributed by atoms with Gasteiger partial charge >= 0.3 is 0 Å². The zero-order valence-electron chi connectivity index (χ0n) is 15.3. The van der Waals surface area contributed by atoms with E-state index in [1.807, 2.05) is 62.5 Å². The fraction of sp³-hybridized carbons (Fsp3) is 0.333. The molecular formula is C18H21BrN6OS. The smallest absolute Gasteiger partial charge is 0.238 e. The SMILES string of the molecule is CC(C)(C)n1nnnc1C(NCC(=O)Nc1ccccc1)c1ccsc1Br. The van der Waals surface area contributed by atoms with Crippen molar-refractivity contribution in [2.75, 3.05) is 11.9 Å². The summed E-state index contributed by atoms with van der Waals surface area (Å²) >= 11 is 5.17. The van der Waals surface area contributed by atoms with Crippen LogP contribution in [0.1, 0.15) is 38.2 Å². The third-order valence-electron chi connectivity index (χ3n) is 3.87. The molecule has 0 aliphatic rings. The van der Waals surface area contributed by atoms with E-state index >= 15 is 0 Å². The second kappa shape index (κ2) is 8.28. The number of aromatic nitrogens is 4. The number of halogens is 1. The van der Waals surface area contributed by atoms with E-state index in [1.54, 1.807) is 16.0 Å². The Morgan fingerprint density at radius 1 is 1.26 bits per heavy atom.